The molecule has 2 aromatic rings. The maximum atomic E-state index is 14.4. The van der Waals surface area contributed by atoms with E-state index in [1.807, 2.05) is 0 Å². The Hall–Kier alpha value is -2.01. The van der Waals surface area contributed by atoms with Crippen LogP contribution in [0.4, 0.5) is 10.2 Å². The van der Waals surface area contributed by atoms with Gasteiger partial charge in [-0.15, -0.1) is 0 Å². The van der Waals surface area contributed by atoms with E-state index in [9.17, 15) is 4.39 Å². The van der Waals surface area contributed by atoms with Crippen molar-refractivity contribution in [1.29, 1.82) is 0 Å². The van der Waals surface area contributed by atoms with Crippen LogP contribution in [-0.2, 0) is 6.54 Å². The number of hydrogen-bond acceptors (Lipinski definition) is 4. The van der Waals surface area contributed by atoms with Gasteiger partial charge < -0.3 is 4.90 Å². The second-order valence-electron chi connectivity index (χ2n) is 7.42. The molecule has 0 N–H and O–H groups in total. The summed E-state index contributed by atoms with van der Waals surface area (Å²) in [5, 5.41) is 0.0934. The Kier molecular flexibility index (Phi) is 5.13. The fourth-order valence-electron chi connectivity index (χ4n) is 4.37. The SMILES string of the molecule is CC[C@@H]1CCCC[C@@H]1N(C)c1cnc2c(n1)CN=C2c1cccc(Cl)c1F. The van der Waals surface area contributed by atoms with Crippen molar-refractivity contribution in [1.82, 2.24) is 9.97 Å². The lowest BCUT2D eigenvalue weighted by molar-refractivity contribution is 0.291. The first kappa shape index (κ1) is 18.4. The minimum Gasteiger partial charge on any atom is -0.355 e. The Morgan fingerprint density at radius 3 is 2.89 bits per heavy atom. The Morgan fingerprint density at radius 1 is 1.26 bits per heavy atom. The average Bonchev–Trinajstić information content (AvgIpc) is 3.12. The standard InChI is InChI=1S/C21H24ClFN4/c1-3-13-7-4-5-10-17(13)27(2)18-12-25-21-16(26-18)11-24-20(21)14-8-6-9-15(22)19(14)23/h6,8-9,12-13,17H,3-5,7,10-11H2,1-2H3/t13-,17+/m1/s1. The molecule has 0 bridgehead atoms. The first-order valence-electron chi connectivity index (χ1n) is 9.68. The Morgan fingerprint density at radius 2 is 2.07 bits per heavy atom. The van der Waals surface area contributed by atoms with Gasteiger partial charge in [0.2, 0.25) is 0 Å². The van der Waals surface area contributed by atoms with Crippen LogP contribution in [0.5, 0.6) is 0 Å². The zero-order chi connectivity index (χ0) is 19.0. The van der Waals surface area contributed by atoms with E-state index in [2.05, 4.69) is 28.8 Å². The van der Waals surface area contributed by atoms with Gasteiger partial charge in [-0.3, -0.25) is 4.99 Å². The maximum Gasteiger partial charge on any atom is 0.151 e. The number of aliphatic imine (C=N–C) groups is 1. The van der Waals surface area contributed by atoms with Crippen LogP contribution in [0.15, 0.2) is 29.4 Å². The van der Waals surface area contributed by atoms with Gasteiger partial charge in [0.15, 0.2) is 5.82 Å². The van der Waals surface area contributed by atoms with Crippen molar-refractivity contribution in [3.05, 3.63) is 52.2 Å². The van der Waals surface area contributed by atoms with Gasteiger partial charge in [0, 0.05) is 18.7 Å². The number of aromatic nitrogens is 2. The molecule has 0 spiro atoms. The second kappa shape index (κ2) is 7.55. The van der Waals surface area contributed by atoms with E-state index in [1.54, 1.807) is 18.3 Å². The van der Waals surface area contributed by atoms with E-state index in [-0.39, 0.29) is 5.02 Å². The molecule has 142 valence electrons. The lowest BCUT2D eigenvalue weighted by atomic mass is 9.82. The molecular weight excluding hydrogens is 363 g/mol. The van der Waals surface area contributed by atoms with Crippen molar-refractivity contribution in [3.8, 4) is 0 Å². The molecule has 2 atom stereocenters. The van der Waals surface area contributed by atoms with Crippen LogP contribution in [0.3, 0.4) is 0 Å². The molecule has 1 aliphatic carbocycles. The number of anilines is 1. The van der Waals surface area contributed by atoms with E-state index in [0.717, 1.165) is 11.5 Å². The van der Waals surface area contributed by atoms with Crippen LogP contribution >= 0.6 is 11.6 Å². The molecule has 0 saturated heterocycles. The highest BCUT2D eigenvalue weighted by Gasteiger charge is 2.29. The second-order valence-corrected chi connectivity index (χ2v) is 7.83. The van der Waals surface area contributed by atoms with Gasteiger partial charge in [-0.1, -0.05) is 43.9 Å². The number of benzene rings is 1. The molecule has 0 amide bonds. The number of nitrogens with zero attached hydrogens (tertiary/aromatic N) is 4. The van der Waals surface area contributed by atoms with Gasteiger partial charge in [-0.05, 0) is 30.9 Å². The fourth-order valence-corrected chi connectivity index (χ4v) is 4.54. The molecule has 2 heterocycles. The van der Waals surface area contributed by atoms with Crippen molar-refractivity contribution in [2.75, 3.05) is 11.9 Å². The van der Waals surface area contributed by atoms with E-state index in [4.69, 9.17) is 16.6 Å². The molecule has 4 rings (SSSR count). The summed E-state index contributed by atoms with van der Waals surface area (Å²) >= 11 is 5.93. The number of rotatable bonds is 4. The topological polar surface area (TPSA) is 41.4 Å². The summed E-state index contributed by atoms with van der Waals surface area (Å²) < 4.78 is 14.4. The van der Waals surface area contributed by atoms with E-state index >= 15 is 0 Å². The van der Waals surface area contributed by atoms with Gasteiger partial charge in [0.25, 0.3) is 0 Å². The molecule has 4 nitrogen and oxygen atoms in total. The van der Waals surface area contributed by atoms with Crippen molar-refractivity contribution in [2.24, 2.45) is 10.9 Å². The number of fused-ring (bicyclic) bond motifs is 1. The smallest absolute Gasteiger partial charge is 0.151 e. The molecule has 2 aliphatic rings. The largest absolute Gasteiger partial charge is 0.355 e. The highest BCUT2D eigenvalue weighted by molar-refractivity contribution is 6.31. The molecule has 1 fully saturated rings. The Balaban J connectivity index is 1.62. The maximum absolute atomic E-state index is 14.4. The molecule has 0 radical (unpaired) electrons. The molecule has 27 heavy (non-hydrogen) atoms. The third-order valence-electron chi connectivity index (χ3n) is 5.90. The average molecular weight is 387 g/mol. The molecule has 1 aliphatic heterocycles. The Bertz CT molecular complexity index is 882. The summed E-state index contributed by atoms with van der Waals surface area (Å²) in [6.45, 7) is 2.69. The normalized spacial score (nSPS) is 21.7. The lowest BCUT2D eigenvalue weighted by Gasteiger charge is -2.38. The molecular formula is C21H24ClFN4. The minimum absolute atomic E-state index is 0.0934. The molecule has 1 saturated carbocycles. The number of halogens is 2. The molecule has 1 aromatic heterocycles. The van der Waals surface area contributed by atoms with E-state index in [1.165, 1.54) is 38.2 Å². The quantitative estimate of drug-likeness (QED) is 0.740. The summed E-state index contributed by atoms with van der Waals surface area (Å²) in [5.41, 5.74) is 2.38. The zero-order valence-electron chi connectivity index (χ0n) is 15.8. The predicted octanol–water partition coefficient (Wildman–Crippen LogP) is 5.03. The monoisotopic (exact) mass is 386 g/mol. The first-order valence-corrected chi connectivity index (χ1v) is 10.1. The van der Waals surface area contributed by atoms with Crippen LogP contribution in [0, 0.1) is 11.7 Å². The Labute approximate surface area is 164 Å². The van der Waals surface area contributed by atoms with Crippen LogP contribution in [0.1, 0.15) is 56.0 Å². The van der Waals surface area contributed by atoms with Crippen LogP contribution in [0.2, 0.25) is 5.02 Å². The fraction of sp³-hybridized carbons (Fsp3) is 0.476. The van der Waals surface area contributed by atoms with Gasteiger partial charge >= 0.3 is 0 Å². The summed E-state index contributed by atoms with van der Waals surface area (Å²) in [4.78, 5) is 16.2. The zero-order valence-corrected chi connectivity index (χ0v) is 16.5. The lowest BCUT2D eigenvalue weighted by Crippen LogP contribution is -2.40. The highest BCUT2D eigenvalue weighted by atomic mass is 35.5. The van der Waals surface area contributed by atoms with Crippen molar-refractivity contribution >= 4 is 23.1 Å². The van der Waals surface area contributed by atoms with Crippen LogP contribution in [-0.4, -0.2) is 28.8 Å². The van der Waals surface area contributed by atoms with Crippen molar-refractivity contribution in [2.45, 2.75) is 51.6 Å². The van der Waals surface area contributed by atoms with E-state index in [0.29, 0.717) is 35.5 Å². The van der Waals surface area contributed by atoms with E-state index < -0.39 is 5.82 Å². The third-order valence-corrected chi connectivity index (χ3v) is 6.19. The van der Waals surface area contributed by atoms with Crippen molar-refractivity contribution < 1.29 is 4.39 Å². The summed E-state index contributed by atoms with van der Waals surface area (Å²) in [6.07, 6.45) is 8.05. The molecule has 0 unspecified atom stereocenters. The van der Waals surface area contributed by atoms with Gasteiger partial charge in [-0.25, -0.2) is 14.4 Å². The van der Waals surface area contributed by atoms with Crippen LogP contribution in [0.25, 0.3) is 0 Å². The number of hydrogen-bond donors (Lipinski definition) is 0. The third kappa shape index (κ3) is 3.33. The van der Waals surface area contributed by atoms with Crippen molar-refractivity contribution in [3.63, 3.8) is 0 Å². The first-order chi connectivity index (χ1) is 13.1. The minimum atomic E-state index is -0.457. The molecule has 1 aromatic carbocycles. The molecule has 6 heteroatoms. The summed E-state index contributed by atoms with van der Waals surface area (Å²) in [5.74, 6) is 1.12. The van der Waals surface area contributed by atoms with Gasteiger partial charge in [-0.2, -0.15) is 0 Å². The van der Waals surface area contributed by atoms with Crippen LogP contribution < -0.4 is 4.90 Å². The van der Waals surface area contributed by atoms with Gasteiger partial charge in [0.05, 0.1) is 29.2 Å². The summed E-state index contributed by atoms with van der Waals surface area (Å²) in [6, 6.07) is 5.45. The predicted molar refractivity (Wildman–Crippen MR) is 107 cm³/mol. The highest BCUT2D eigenvalue weighted by Crippen LogP contribution is 2.33. The summed E-state index contributed by atoms with van der Waals surface area (Å²) in [7, 11) is 2.11. The van der Waals surface area contributed by atoms with Gasteiger partial charge in [0.1, 0.15) is 11.5 Å².